The molecule has 0 bridgehead atoms. The molecule has 8 heteroatoms. The molecule has 28 heavy (non-hydrogen) atoms. The van der Waals surface area contributed by atoms with E-state index in [1.165, 1.54) is 23.9 Å². The first-order chi connectivity index (χ1) is 13.6. The molecule has 0 N–H and O–H groups in total. The first kappa shape index (κ1) is 19.6. The molecule has 1 aromatic heterocycles. The Kier molecular flexibility index (Phi) is 6.40. The van der Waals surface area contributed by atoms with Crippen LogP contribution >= 0.6 is 11.8 Å². The van der Waals surface area contributed by atoms with Crippen LogP contribution in [0.4, 0.5) is 10.1 Å². The van der Waals surface area contributed by atoms with Crippen molar-refractivity contribution in [3.63, 3.8) is 0 Å². The van der Waals surface area contributed by atoms with Gasteiger partial charge in [-0.2, -0.15) is 5.26 Å². The summed E-state index contributed by atoms with van der Waals surface area (Å²) in [5, 5.41) is 17.7. The molecule has 0 aliphatic rings. The van der Waals surface area contributed by atoms with Crippen molar-refractivity contribution in [2.45, 2.75) is 11.6 Å². The van der Waals surface area contributed by atoms with E-state index in [0.717, 1.165) is 11.3 Å². The zero-order valence-corrected chi connectivity index (χ0v) is 16.1. The Morgan fingerprint density at radius 2 is 1.89 bits per heavy atom. The molecule has 0 saturated carbocycles. The number of nitrogens with zero attached hydrogens (tertiary/aromatic N) is 5. The average Bonchev–Trinajstić information content (AvgIpc) is 3.08. The highest BCUT2D eigenvalue weighted by atomic mass is 32.2. The van der Waals surface area contributed by atoms with Gasteiger partial charge in [0.05, 0.1) is 18.2 Å². The minimum absolute atomic E-state index is 0.113. The maximum atomic E-state index is 13.1. The molecule has 2 aromatic carbocycles. The van der Waals surface area contributed by atoms with Crippen molar-refractivity contribution < 1.29 is 9.18 Å². The van der Waals surface area contributed by atoms with Crippen molar-refractivity contribution in [1.29, 1.82) is 5.26 Å². The van der Waals surface area contributed by atoms with E-state index < -0.39 is 0 Å². The van der Waals surface area contributed by atoms with E-state index in [2.05, 4.69) is 16.3 Å². The van der Waals surface area contributed by atoms with Gasteiger partial charge in [-0.25, -0.2) is 4.39 Å². The molecule has 0 aliphatic heterocycles. The van der Waals surface area contributed by atoms with Gasteiger partial charge in [0.15, 0.2) is 11.0 Å². The zero-order valence-electron chi connectivity index (χ0n) is 15.2. The lowest BCUT2D eigenvalue weighted by Gasteiger charge is -2.21. The third kappa shape index (κ3) is 4.56. The van der Waals surface area contributed by atoms with Gasteiger partial charge < -0.3 is 9.47 Å². The summed E-state index contributed by atoms with van der Waals surface area (Å²) >= 11 is 1.27. The summed E-state index contributed by atoms with van der Waals surface area (Å²) in [4.78, 5) is 14.3. The van der Waals surface area contributed by atoms with Crippen LogP contribution in [0.1, 0.15) is 6.42 Å². The molecule has 6 nitrogen and oxygen atoms in total. The fourth-order valence-corrected chi connectivity index (χ4v) is 3.45. The molecule has 3 rings (SSSR count). The Bertz CT molecular complexity index is 982. The van der Waals surface area contributed by atoms with Gasteiger partial charge in [-0.15, -0.1) is 10.2 Å². The van der Waals surface area contributed by atoms with Crippen molar-refractivity contribution >= 4 is 23.4 Å². The summed E-state index contributed by atoms with van der Waals surface area (Å²) in [7, 11) is 1.80. The van der Waals surface area contributed by atoms with Gasteiger partial charge in [0.25, 0.3) is 0 Å². The highest BCUT2D eigenvalue weighted by Crippen LogP contribution is 2.24. The maximum absolute atomic E-state index is 13.1. The molecule has 1 amide bonds. The lowest BCUT2D eigenvalue weighted by molar-refractivity contribution is -0.116. The number of anilines is 1. The average molecular weight is 395 g/mol. The van der Waals surface area contributed by atoms with Crippen LogP contribution in [0.5, 0.6) is 0 Å². The van der Waals surface area contributed by atoms with Gasteiger partial charge in [0.2, 0.25) is 5.91 Å². The van der Waals surface area contributed by atoms with E-state index in [4.69, 9.17) is 5.26 Å². The topological polar surface area (TPSA) is 74.8 Å². The van der Waals surface area contributed by atoms with E-state index in [-0.39, 0.29) is 23.9 Å². The van der Waals surface area contributed by atoms with Crippen LogP contribution in [0.2, 0.25) is 0 Å². The molecule has 1 heterocycles. The monoisotopic (exact) mass is 395 g/mol. The number of carbonyl (C=O) groups is 1. The van der Waals surface area contributed by atoms with Crippen molar-refractivity contribution in [3.05, 3.63) is 60.4 Å². The lowest BCUT2D eigenvalue weighted by atomic mass is 10.2. The number of nitriles is 1. The minimum atomic E-state index is -0.315. The predicted octanol–water partition coefficient (Wildman–Crippen LogP) is 3.66. The number of para-hydroxylation sites is 1. The second kappa shape index (κ2) is 9.15. The van der Waals surface area contributed by atoms with Crippen LogP contribution < -0.4 is 4.90 Å². The van der Waals surface area contributed by atoms with Crippen molar-refractivity contribution in [2.24, 2.45) is 7.05 Å². The fraction of sp³-hybridized carbons (Fsp3) is 0.200. The largest absolute Gasteiger partial charge is 0.311 e. The molecule has 142 valence electrons. The van der Waals surface area contributed by atoms with E-state index in [0.29, 0.717) is 17.5 Å². The molecule has 0 spiro atoms. The molecule has 0 unspecified atom stereocenters. The second-order valence-corrected chi connectivity index (χ2v) is 6.89. The molecule has 0 fully saturated rings. The molecular formula is C20H18FN5OS. The van der Waals surface area contributed by atoms with Gasteiger partial charge in [-0.3, -0.25) is 4.79 Å². The summed E-state index contributed by atoms with van der Waals surface area (Å²) in [6.45, 7) is 0.333. The van der Waals surface area contributed by atoms with Gasteiger partial charge in [0, 0.05) is 24.8 Å². The molecule has 0 radical (unpaired) electrons. The first-order valence-electron chi connectivity index (χ1n) is 8.60. The van der Waals surface area contributed by atoms with Gasteiger partial charge >= 0.3 is 0 Å². The molecule has 0 saturated heterocycles. The molecule has 3 aromatic rings. The van der Waals surface area contributed by atoms with Crippen LogP contribution in [0.3, 0.4) is 0 Å². The summed E-state index contributed by atoms with van der Waals surface area (Å²) < 4.78 is 14.9. The van der Waals surface area contributed by atoms with Crippen molar-refractivity contribution in [1.82, 2.24) is 14.8 Å². The van der Waals surface area contributed by atoms with Gasteiger partial charge in [-0.05, 0) is 36.4 Å². The zero-order chi connectivity index (χ0) is 19.9. The Balaban J connectivity index is 1.71. The standard InChI is InChI=1S/C20H18FN5OS/c1-25-19(15-8-10-16(21)11-9-15)23-24-20(25)28-14-18(27)26(13-5-12-22)17-6-3-2-4-7-17/h2-4,6-11H,5,13-14H2,1H3. The third-order valence-corrected chi connectivity index (χ3v) is 5.08. The third-order valence-electron chi connectivity index (χ3n) is 4.08. The SMILES string of the molecule is Cn1c(SCC(=O)N(CCC#N)c2ccccc2)nnc1-c1ccc(F)cc1. The summed E-state index contributed by atoms with van der Waals surface area (Å²) in [5.74, 6) is 0.331. The van der Waals surface area contributed by atoms with Crippen LogP contribution in [0.15, 0.2) is 59.8 Å². The molecule has 0 atom stereocenters. The van der Waals surface area contributed by atoms with Crippen molar-refractivity contribution in [2.75, 3.05) is 17.2 Å². The Morgan fingerprint density at radius 1 is 1.18 bits per heavy atom. The number of amides is 1. The number of halogens is 1. The maximum Gasteiger partial charge on any atom is 0.237 e. The number of thioether (sulfide) groups is 1. The van der Waals surface area contributed by atoms with Crippen LogP contribution in [-0.4, -0.2) is 33.0 Å². The Morgan fingerprint density at radius 3 is 2.57 bits per heavy atom. The van der Waals surface area contributed by atoms with E-state index >= 15 is 0 Å². The minimum Gasteiger partial charge on any atom is -0.311 e. The van der Waals surface area contributed by atoms with Gasteiger partial charge in [-0.1, -0.05) is 30.0 Å². The fourth-order valence-electron chi connectivity index (χ4n) is 2.66. The highest BCUT2D eigenvalue weighted by Gasteiger charge is 2.18. The molecule has 0 aliphatic carbocycles. The Hall–Kier alpha value is -3.18. The normalized spacial score (nSPS) is 10.5. The smallest absolute Gasteiger partial charge is 0.237 e. The number of rotatable bonds is 7. The number of hydrogen-bond donors (Lipinski definition) is 0. The predicted molar refractivity (Wildman–Crippen MR) is 106 cm³/mol. The number of benzene rings is 2. The Labute approximate surface area is 166 Å². The first-order valence-corrected chi connectivity index (χ1v) is 9.59. The number of hydrogen-bond acceptors (Lipinski definition) is 5. The lowest BCUT2D eigenvalue weighted by Crippen LogP contribution is -2.33. The number of aromatic nitrogens is 3. The van der Waals surface area contributed by atoms with Gasteiger partial charge in [0.1, 0.15) is 5.82 Å². The van der Waals surface area contributed by atoms with Crippen LogP contribution in [0, 0.1) is 17.1 Å². The quantitative estimate of drug-likeness (QED) is 0.571. The van der Waals surface area contributed by atoms with Crippen LogP contribution in [0.25, 0.3) is 11.4 Å². The van der Waals surface area contributed by atoms with E-state index in [1.54, 1.807) is 28.6 Å². The summed E-state index contributed by atoms with van der Waals surface area (Å²) in [5.41, 5.74) is 1.50. The highest BCUT2D eigenvalue weighted by molar-refractivity contribution is 7.99. The van der Waals surface area contributed by atoms with Crippen LogP contribution in [-0.2, 0) is 11.8 Å². The van der Waals surface area contributed by atoms with E-state index in [1.807, 2.05) is 30.3 Å². The number of carbonyl (C=O) groups excluding carboxylic acids is 1. The summed E-state index contributed by atoms with van der Waals surface area (Å²) in [6.07, 6.45) is 0.254. The molecular weight excluding hydrogens is 377 g/mol. The summed E-state index contributed by atoms with van der Waals surface area (Å²) in [6, 6.07) is 17.4. The van der Waals surface area contributed by atoms with Crippen molar-refractivity contribution in [3.8, 4) is 17.5 Å². The van der Waals surface area contributed by atoms with E-state index in [9.17, 15) is 9.18 Å². The second-order valence-electron chi connectivity index (χ2n) is 5.95.